The fraction of sp³-hybridized carbons (Fsp3) is 0.312. The lowest BCUT2D eigenvalue weighted by Gasteiger charge is -2.09. The molecule has 0 aliphatic rings. The van der Waals surface area contributed by atoms with Gasteiger partial charge in [-0.25, -0.2) is 4.79 Å². The highest BCUT2D eigenvalue weighted by molar-refractivity contribution is 5.74. The van der Waals surface area contributed by atoms with E-state index in [2.05, 4.69) is 16.4 Å². The van der Waals surface area contributed by atoms with Crippen molar-refractivity contribution in [1.29, 1.82) is 0 Å². The molecule has 0 amide bonds. The summed E-state index contributed by atoms with van der Waals surface area (Å²) >= 11 is 0. The summed E-state index contributed by atoms with van der Waals surface area (Å²) < 4.78 is 4.31. The van der Waals surface area contributed by atoms with Crippen molar-refractivity contribution in [3.63, 3.8) is 0 Å². The number of imidazole rings is 1. The van der Waals surface area contributed by atoms with Crippen LogP contribution in [0.2, 0.25) is 0 Å². The zero-order valence-electron chi connectivity index (χ0n) is 13.6. The van der Waals surface area contributed by atoms with E-state index in [0.717, 1.165) is 15.7 Å². The lowest BCUT2D eigenvalue weighted by Crippen LogP contribution is -2.37. The molecule has 3 aromatic rings. The Morgan fingerprint density at radius 1 is 1.17 bits per heavy atom. The number of fused-ring (bicyclic) bond motifs is 1. The van der Waals surface area contributed by atoms with Crippen LogP contribution in [0.1, 0.15) is 11.1 Å². The van der Waals surface area contributed by atoms with E-state index in [1.165, 1.54) is 11.6 Å². The van der Waals surface area contributed by atoms with E-state index in [4.69, 9.17) is 0 Å². The second-order valence-corrected chi connectivity index (χ2v) is 5.64. The van der Waals surface area contributed by atoms with Gasteiger partial charge in [-0.15, -0.1) is 0 Å². The van der Waals surface area contributed by atoms with E-state index in [1.807, 2.05) is 29.7 Å². The summed E-state index contributed by atoms with van der Waals surface area (Å²) in [5, 5.41) is 3.00. The molecule has 3 rings (SSSR count). The van der Waals surface area contributed by atoms with Gasteiger partial charge in [0.2, 0.25) is 5.95 Å². The Morgan fingerprint density at radius 3 is 2.57 bits per heavy atom. The summed E-state index contributed by atoms with van der Waals surface area (Å²) in [5.41, 5.74) is 2.29. The zero-order chi connectivity index (χ0) is 16.7. The predicted octanol–water partition coefficient (Wildman–Crippen LogP) is 0.832. The van der Waals surface area contributed by atoms with Crippen LogP contribution in [-0.4, -0.2) is 25.7 Å². The first-order valence-electron chi connectivity index (χ1n) is 7.33. The molecule has 0 spiro atoms. The number of aryl methyl sites for hydroxylation is 2. The van der Waals surface area contributed by atoms with Gasteiger partial charge in [-0.05, 0) is 12.5 Å². The minimum absolute atomic E-state index is 0.343. The van der Waals surface area contributed by atoms with Crippen LogP contribution >= 0.6 is 0 Å². The van der Waals surface area contributed by atoms with Crippen LogP contribution in [0.15, 0.2) is 33.9 Å². The van der Waals surface area contributed by atoms with Crippen LogP contribution < -0.4 is 16.6 Å². The number of rotatable bonds is 3. The van der Waals surface area contributed by atoms with E-state index < -0.39 is 0 Å². The van der Waals surface area contributed by atoms with Gasteiger partial charge in [0.25, 0.3) is 5.56 Å². The number of nitrogens with zero attached hydrogens (tertiary/aromatic N) is 4. The van der Waals surface area contributed by atoms with Crippen molar-refractivity contribution in [2.24, 2.45) is 14.1 Å². The lowest BCUT2D eigenvalue weighted by atomic mass is 10.1. The van der Waals surface area contributed by atoms with Gasteiger partial charge in [-0.3, -0.25) is 18.5 Å². The number of benzene rings is 1. The maximum absolute atomic E-state index is 12.6. The minimum Gasteiger partial charge on any atom is -0.359 e. The predicted molar refractivity (Wildman–Crippen MR) is 90.0 cm³/mol. The van der Waals surface area contributed by atoms with Crippen LogP contribution in [0.4, 0.5) is 5.95 Å². The molecule has 0 radical (unpaired) electrons. The molecule has 7 heteroatoms. The molecule has 0 atom stereocenters. The average molecular weight is 313 g/mol. The Labute approximate surface area is 132 Å². The Hall–Kier alpha value is -2.83. The van der Waals surface area contributed by atoms with Gasteiger partial charge in [0, 0.05) is 21.1 Å². The van der Waals surface area contributed by atoms with E-state index in [1.54, 1.807) is 14.1 Å². The summed E-state index contributed by atoms with van der Waals surface area (Å²) in [4.78, 5) is 29.1. The van der Waals surface area contributed by atoms with E-state index >= 15 is 0 Å². The molecule has 0 saturated carbocycles. The van der Waals surface area contributed by atoms with Crippen molar-refractivity contribution in [2.45, 2.75) is 13.5 Å². The molecule has 0 aliphatic heterocycles. The SMILES string of the molecule is CNc1nc2c(c(=O)n(C)c(=O)n2C)n1Cc1cccc(C)c1. The van der Waals surface area contributed by atoms with E-state index in [0.29, 0.717) is 23.7 Å². The fourth-order valence-electron chi connectivity index (χ4n) is 2.78. The Kier molecular flexibility index (Phi) is 3.55. The van der Waals surface area contributed by atoms with Crippen molar-refractivity contribution in [3.8, 4) is 0 Å². The van der Waals surface area contributed by atoms with Gasteiger partial charge in [0.15, 0.2) is 11.2 Å². The molecule has 0 unspecified atom stereocenters. The quantitative estimate of drug-likeness (QED) is 0.777. The topological polar surface area (TPSA) is 73.8 Å². The Morgan fingerprint density at radius 2 is 1.91 bits per heavy atom. The van der Waals surface area contributed by atoms with Crippen molar-refractivity contribution in [1.82, 2.24) is 18.7 Å². The molecule has 0 saturated heterocycles. The molecule has 2 aromatic heterocycles. The lowest BCUT2D eigenvalue weighted by molar-refractivity contribution is 0.702. The van der Waals surface area contributed by atoms with Crippen LogP contribution in [0, 0.1) is 6.92 Å². The van der Waals surface area contributed by atoms with Crippen molar-refractivity contribution in [3.05, 3.63) is 56.2 Å². The molecule has 23 heavy (non-hydrogen) atoms. The number of anilines is 1. The second kappa shape index (κ2) is 5.42. The standard InChI is InChI=1S/C16H19N5O2/c1-10-6-5-7-11(8-10)9-21-12-13(18-15(21)17-2)19(3)16(23)20(4)14(12)22/h5-8H,9H2,1-4H3,(H,17,18). The smallest absolute Gasteiger partial charge is 0.332 e. The average Bonchev–Trinajstić information content (AvgIpc) is 2.89. The minimum atomic E-state index is -0.384. The third-order valence-electron chi connectivity index (χ3n) is 3.99. The third-order valence-corrected chi connectivity index (χ3v) is 3.99. The summed E-state index contributed by atoms with van der Waals surface area (Å²) in [6.07, 6.45) is 0. The van der Waals surface area contributed by atoms with Crippen LogP contribution in [0.5, 0.6) is 0 Å². The summed E-state index contributed by atoms with van der Waals surface area (Å²) in [6, 6.07) is 8.08. The first-order chi connectivity index (χ1) is 10.9. The fourth-order valence-corrected chi connectivity index (χ4v) is 2.78. The normalized spacial score (nSPS) is 11.1. The van der Waals surface area contributed by atoms with Crippen LogP contribution in [0.3, 0.4) is 0 Å². The molecule has 2 heterocycles. The number of hydrogen-bond donors (Lipinski definition) is 1. The molecule has 1 N–H and O–H groups in total. The summed E-state index contributed by atoms with van der Waals surface area (Å²) in [7, 11) is 4.84. The number of nitrogens with one attached hydrogen (secondary N) is 1. The molecule has 0 bridgehead atoms. The highest BCUT2D eigenvalue weighted by atomic mass is 16.2. The number of aromatic nitrogens is 4. The number of hydrogen-bond acceptors (Lipinski definition) is 4. The molecule has 7 nitrogen and oxygen atoms in total. The maximum Gasteiger partial charge on any atom is 0.332 e. The van der Waals surface area contributed by atoms with E-state index in [-0.39, 0.29) is 11.2 Å². The second-order valence-electron chi connectivity index (χ2n) is 5.64. The van der Waals surface area contributed by atoms with Crippen LogP contribution in [-0.2, 0) is 20.6 Å². The molecular weight excluding hydrogens is 294 g/mol. The molecule has 120 valence electrons. The largest absolute Gasteiger partial charge is 0.359 e. The molecule has 0 aliphatic carbocycles. The van der Waals surface area contributed by atoms with Gasteiger partial charge >= 0.3 is 5.69 Å². The van der Waals surface area contributed by atoms with Gasteiger partial charge in [-0.2, -0.15) is 4.98 Å². The van der Waals surface area contributed by atoms with E-state index in [9.17, 15) is 9.59 Å². The highest BCUT2D eigenvalue weighted by Gasteiger charge is 2.18. The molecule has 0 fully saturated rings. The third kappa shape index (κ3) is 2.34. The monoisotopic (exact) mass is 313 g/mol. The Bertz CT molecular complexity index is 1010. The van der Waals surface area contributed by atoms with Crippen molar-refractivity contribution < 1.29 is 0 Å². The van der Waals surface area contributed by atoms with Crippen molar-refractivity contribution >= 4 is 17.1 Å². The first kappa shape index (κ1) is 15.1. The Balaban J connectivity index is 2.31. The summed E-state index contributed by atoms with van der Waals surface area (Å²) in [6.45, 7) is 2.53. The van der Waals surface area contributed by atoms with Gasteiger partial charge in [-0.1, -0.05) is 29.8 Å². The summed E-state index contributed by atoms with van der Waals surface area (Å²) in [5.74, 6) is 0.555. The maximum atomic E-state index is 12.6. The molecular formula is C16H19N5O2. The van der Waals surface area contributed by atoms with Gasteiger partial charge in [0.1, 0.15) is 0 Å². The zero-order valence-corrected chi connectivity index (χ0v) is 13.6. The van der Waals surface area contributed by atoms with Gasteiger partial charge < -0.3 is 5.32 Å². The first-order valence-corrected chi connectivity index (χ1v) is 7.33. The van der Waals surface area contributed by atoms with Crippen molar-refractivity contribution in [2.75, 3.05) is 12.4 Å². The van der Waals surface area contributed by atoms with Gasteiger partial charge in [0.05, 0.1) is 6.54 Å². The van der Waals surface area contributed by atoms with Crippen LogP contribution in [0.25, 0.3) is 11.2 Å². The molecule has 1 aromatic carbocycles. The highest BCUT2D eigenvalue weighted by Crippen LogP contribution is 2.17.